The second-order valence-electron chi connectivity index (χ2n) is 3.26. The van der Waals surface area contributed by atoms with Crippen LogP contribution in [-0.4, -0.2) is 23.9 Å². The molecule has 16 heavy (non-hydrogen) atoms. The lowest BCUT2D eigenvalue weighted by Crippen LogP contribution is -2.46. The standard InChI is InChI=1S/C11H13ClN2O2/c1-8(13-10(15)7-12)14-11(16)9-5-3-2-4-6-9/h2-6,8H,7H2,1H3,(H,13,15)(H,14,16). The first-order valence-corrected chi connectivity index (χ1v) is 5.38. The van der Waals surface area contributed by atoms with Gasteiger partial charge in [0.25, 0.3) is 5.91 Å². The molecule has 1 aromatic carbocycles. The second-order valence-corrected chi connectivity index (χ2v) is 3.53. The lowest BCUT2D eigenvalue weighted by Gasteiger charge is -2.14. The van der Waals surface area contributed by atoms with Crippen LogP contribution >= 0.6 is 11.6 Å². The fraction of sp³-hybridized carbons (Fsp3) is 0.273. The summed E-state index contributed by atoms with van der Waals surface area (Å²) in [6, 6.07) is 8.78. The predicted octanol–water partition coefficient (Wildman–Crippen LogP) is 1.12. The van der Waals surface area contributed by atoms with Crippen molar-refractivity contribution in [1.82, 2.24) is 10.6 Å². The molecule has 0 saturated carbocycles. The zero-order valence-electron chi connectivity index (χ0n) is 8.87. The Morgan fingerprint density at radius 3 is 2.44 bits per heavy atom. The Labute approximate surface area is 99.0 Å². The minimum absolute atomic E-state index is 0.119. The Morgan fingerprint density at radius 2 is 1.88 bits per heavy atom. The van der Waals surface area contributed by atoms with Crippen LogP contribution in [0.15, 0.2) is 30.3 Å². The fourth-order valence-electron chi connectivity index (χ4n) is 1.19. The minimum Gasteiger partial charge on any atom is -0.335 e. The highest BCUT2D eigenvalue weighted by Crippen LogP contribution is 1.98. The van der Waals surface area contributed by atoms with Crippen molar-refractivity contribution in [3.8, 4) is 0 Å². The molecule has 0 spiro atoms. The van der Waals surface area contributed by atoms with Crippen molar-refractivity contribution in [3.63, 3.8) is 0 Å². The molecule has 4 nitrogen and oxygen atoms in total. The molecule has 0 aliphatic heterocycles. The van der Waals surface area contributed by atoms with Crippen molar-refractivity contribution in [3.05, 3.63) is 35.9 Å². The minimum atomic E-state index is -0.445. The molecule has 0 aliphatic rings. The number of hydrogen-bond donors (Lipinski definition) is 2. The molecule has 1 unspecified atom stereocenters. The molecule has 0 radical (unpaired) electrons. The van der Waals surface area contributed by atoms with Crippen LogP contribution in [0.2, 0.25) is 0 Å². The fourth-order valence-corrected chi connectivity index (χ4v) is 1.26. The van der Waals surface area contributed by atoms with Gasteiger partial charge in [-0.2, -0.15) is 0 Å². The van der Waals surface area contributed by atoms with Gasteiger partial charge in [-0.3, -0.25) is 9.59 Å². The van der Waals surface area contributed by atoms with Crippen LogP contribution < -0.4 is 10.6 Å². The number of carbonyl (C=O) groups excluding carboxylic acids is 2. The van der Waals surface area contributed by atoms with Gasteiger partial charge in [0.05, 0.1) is 6.17 Å². The van der Waals surface area contributed by atoms with Gasteiger partial charge >= 0.3 is 0 Å². The Kier molecular flexibility index (Phi) is 4.79. The molecule has 0 aliphatic carbocycles. The summed E-state index contributed by atoms with van der Waals surface area (Å²) in [4.78, 5) is 22.6. The summed E-state index contributed by atoms with van der Waals surface area (Å²) in [5.74, 6) is -0.670. The maximum absolute atomic E-state index is 11.6. The molecule has 0 saturated heterocycles. The Bertz CT molecular complexity index is 368. The molecule has 0 aromatic heterocycles. The summed E-state index contributed by atoms with van der Waals surface area (Å²) in [6.07, 6.45) is -0.445. The number of benzene rings is 1. The molecule has 0 heterocycles. The third-order valence-electron chi connectivity index (χ3n) is 1.88. The van der Waals surface area contributed by atoms with E-state index in [4.69, 9.17) is 11.6 Å². The normalized spacial score (nSPS) is 11.6. The number of carbonyl (C=O) groups is 2. The van der Waals surface area contributed by atoms with Crippen molar-refractivity contribution in [1.29, 1.82) is 0 Å². The first-order chi connectivity index (χ1) is 7.63. The highest BCUT2D eigenvalue weighted by molar-refractivity contribution is 6.27. The number of hydrogen-bond acceptors (Lipinski definition) is 2. The number of amides is 2. The highest BCUT2D eigenvalue weighted by Gasteiger charge is 2.10. The maximum Gasteiger partial charge on any atom is 0.252 e. The summed E-state index contributed by atoms with van der Waals surface area (Å²) in [5.41, 5.74) is 0.550. The van der Waals surface area contributed by atoms with Gasteiger partial charge in [-0.05, 0) is 19.1 Å². The number of rotatable bonds is 4. The molecule has 2 amide bonds. The Balaban J connectivity index is 2.49. The third-order valence-corrected chi connectivity index (χ3v) is 2.13. The van der Waals surface area contributed by atoms with Crippen molar-refractivity contribution in [2.75, 3.05) is 5.88 Å². The lowest BCUT2D eigenvalue weighted by atomic mass is 10.2. The van der Waals surface area contributed by atoms with Crippen LogP contribution in [0.1, 0.15) is 17.3 Å². The van der Waals surface area contributed by atoms with Crippen LogP contribution in [0.3, 0.4) is 0 Å². The van der Waals surface area contributed by atoms with Gasteiger partial charge in [0, 0.05) is 5.56 Å². The van der Waals surface area contributed by atoms with Gasteiger partial charge < -0.3 is 10.6 Å². The van der Waals surface area contributed by atoms with E-state index < -0.39 is 6.17 Å². The number of alkyl halides is 1. The van der Waals surface area contributed by atoms with E-state index in [0.717, 1.165) is 0 Å². The summed E-state index contributed by atoms with van der Waals surface area (Å²) >= 11 is 5.32. The van der Waals surface area contributed by atoms with Crippen LogP contribution in [0, 0.1) is 0 Å². The van der Waals surface area contributed by atoms with Gasteiger partial charge in [-0.25, -0.2) is 0 Å². The molecule has 1 atom stereocenters. The lowest BCUT2D eigenvalue weighted by molar-refractivity contribution is -0.119. The largest absolute Gasteiger partial charge is 0.335 e. The second kappa shape index (κ2) is 6.12. The number of nitrogens with one attached hydrogen (secondary N) is 2. The quantitative estimate of drug-likeness (QED) is 0.612. The summed E-state index contributed by atoms with van der Waals surface area (Å²) in [5, 5.41) is 5.16. The van der Waals surface area contributed by atoms with E-state index in [9.17, 15) is 9.59 Å². The zero-order chi connectivity index (χ0) is 12.0. The highest BCUT2D eigenvalue weighted by atomic mass is 35.5. The van der Waals surface area contributed by atoms with E-state index in [0.29, 0.717) is 5.56 Å². The summed E-state index contributed by atoms with van der Waals surface area (Å²) < 4.78 is 0. The van der Waals surface area contributed by atoms with Crippen LogP contribution in [-0.2, 0) is 4.79 Å². The smallest absolute Gasteiger partial charge is 0.252 e. The molecule has 0 bridgehead atoms. The molecule has 5 heteroatoms. The van der Waals surface area contributed by atoms with Crippen molar-refractivity contribution in [2.45, 2.75) is 13.1 Å². The first kappa shape index (κ1) is 12.5. The maximum atomic E-state index is 11.6. The van der Waals surface area contributed by atoms with Crippen LogP contribution in [0.5, 0.6) is 0 Å². The van der Waals surface area contributed by atoms with E-state index in [2.05, 4.69) is 10.6 Å². The molecule has 0 fully saturated rings. The van der Waals surface area contributed by atoms with Crippen LogP contribution in [0.25, 0.3) is 0 Å². The third kappa shape index (κ3) is 3.90. The van der Waals surface area contributed by atoms with E-state index in [-0.39, 0.29) is 17.7 Å². The molecule has 2 N–H and O–H groups in total. The topological polar surface area (TPSA) is 58.2 Å². The Hall–Kier alpha value is -1.55. The molecule has 1 aromatic rings. The van der Waals surface area contributed by atoms with Crippen molar-refractivity contribution in [2.24, 2.45) is 0 Å². The van der Waals surface area contributed by atoms with Gasteiger partial charge in [-0.15, -0.1) is 11.6 Å². The van der Waals surface area contributed by atoms with Gasteiger partial charge in [0.15, 0.2) is 0 Å². The predicted molar refractivity (Wildman–Crippen MR) is 62.2 cm³/mol. The summed E-state index contributed by atoms with van der Waals surface area (Å²) in [6.45, 7) is 1.67. The van der Waals surface area contributed by atoms with Gasteiger partial charge in [-0.1, -0.05) is 18.2 Å². The van der Waals surface area contributed by atoms with Gasteiger partial charge in [0.1, 0.15) is 5.88 Å². The van der Waals surface area contributed by atoms with Gasteiger partial charge in [0.2, 0.25) is 5.91 Å². The zero-order valence-corrected chi connectivity index (χ0v) is 9.62. The first-order valence-electron chi connectivity index (χ1n) is 4.84. The summed E-state index contributed by atoms with van der Waals surface area (Å²) in [7, 11) is 0. The van der Waals surface area contributed by atoms with Crippen LogP contribution in [0.4, 0.5) is 0 Å². The molecular weight excluding hydrogens is 228 g/mol. The van der Waals surface area contributed by atoms with Crippen molar-refractivity contribution >= 4 is 23.4 Å². The SMILES string of the molecule is CC(NC(=O)CCl)NC(=O)c1ccccc1. The van der Waals surface area contributed by atoms with E-state index in [1.54, 1.807) is 31.2 Å². The Morgan fingerprint density at radius 1 is 1.25 bits per heavy atom. The molecule has 1 rings (SSSR count). The molecular formula is C11H13ClN2O2. The van der Waals surface area contributed by atoms with Crippen molar-refractivity contribution < 1.29 is 9.59 Å². The monoisotopic (exact) mass is 240 g/mol. The average molecular weight is 241 g/mol. The van der Waals surface area contributed by atoms with E-state index in [1.807, 2.05) is 6.07 Å². The van der Waals surface area contributed by atoms with E-state index >= 15 is 0 Å². The average Bonchev–Trinajstić information content (AvgIpc) is 2.29. The number of halogens is 1. The van der Waals surface area contributed by atoms with E-state index in [1.165, 1.54) is 0 Å². The molecule has 86 valence electrons.